The van der Waals surface area contributed by atoms with Gasteiger partial charge in [0.15, 0.2) is 0 Å². The van der Waals surface area contributed by atoms with Crippen LogP contribution in [0, 0.1) is 5.92 Å². The van der Waals surface area contributed by atoms with Crippen molar-refractivity contribution in [2.45, 2.75) is 38.1 Å². The number of nitrogens with one attached hydrogen (secondary N) is 2. The Morgan fingerprint density at radius 3 is 2.34 bits per heavy atom. The molecule has 3 aromatic carbocycles. The monoisotopic (exact) mass is 388 g/mol. The molecule has 29 heavy (non-hydrogen) atoms. The van der Waals surface area contributed by atoms with Gasteiger partial charge in [-0.25, -0.2) is 0 Å². The first-order chi connectivity index (χ1) is 14.3. The molecule has 3 nitrogen and oxygen atoms in total. The third kappa shape index (κ3) is 6.72. The Morgan fingerprint density at radius 1 is 0.828 bits per heavy atom. The smallest absolute Gasteiger partial charge is 0.207 e. The van der Waals surface area contributed by atoms with E-state index in [0.29, 0.717) is 12.0 Å². The molecule has 0 spiro atoms. The molecule has 2 unspecified atom stereocenters. The molecule has 0 aromatic heterocycles. The van der Waals surface area contributed by atoms with Crippen molar-refractivity contribution >= 4 is 17.2 Å². The van der Waals surface area contributed by atoms with Crippen LogP contribution < -0.4 is 10.6 Å². The van der Waals surface area contributed by atoms with Gasteiger partial charge in [0.05, 0.1) is 0 Å². The molecule has 0 aliphatic carbocycles. The topological polar surface area (TPSA) is 41.1 Å². The van der Waals surface area contributed by atoms with Gasteiger partial charge in [0.1, 0.15) is 0 Å². The van der Waals surface area contributed by atoms with Crippen LogP contribution in [-0.2, 0) is 17.6 Å². The lowest BCUT2D eigenvalue weighted by molar-refractivity contribution is -0.109. The van der Waals surface area contributed by atoms with Crippen molar-refractivity contribution in [3.05, 3.63) is 83.9 Å². The predicted molar refractivity (Wildman–Crippen MR) is 122 cm³/mol. The van der Waals surface area contributed by atoms with E-state index in [9.17, 15) is 4.79 Å². The van der Waals surface area contributed by atoms with Crippen LogP contribution in [0.4, 0.5) is 0 Å². The quantitative estimate of drug-likeness (QED) is 0.440. The highest BCUT2D eigenvalue weighted by molar-refractivity contribution is 5.83. The number of fused-ring (bicyclic) bond motifs is 1. The number of hydrogen-bond donors (Lipinski definition) is 2. The zero-order valence-corrected chi connectivity index (χ0v) is 17.3. The number of rotatable bonds is 12. The maximum atomic E-state index is 10.8. The Balaban J connectivity index is 1.52. The number of amides is 1. The molecule has 0 bridgehead atoms. The molecule has 0 aliphatic rings. The Morgan fingerprint density at radius 2 is 1.59 bits per heavy atom. The molecule has 0 aliphatic heterocycles. The number of benzene rings is 3. The van der Waals surface area contributed by atoms with Crippen molar-refractivity contribution < 1.29 is 4.79 Å². The SMILES string of the molecule is CNC(CCCC(CNC=O)Cc1ccccc1)Cc1ccc2ccccc2c1. The second-order valence-corrected chi connectivity index (χ2v) is 7.88. The lowest BCUT2D eigenvalue weighted by Crippen LogP contribution is -2.28. The highest BCUT2D eigenvalue weighted by Crippen LogP contribution is 2.19. The summed E-state index contributed by atoms with van der Waals surface area (Å²) in [7, 11) is 2.06. The normalized spacial score (nSPS) is 13.1. The van der Waals surface area contributed by atoms with Gasteiger partial charge in [0, 0.05) is 12.6 Å². The summed E-state index contributed by atoms with van der Waals surface area (Å²) >= 11 is 0. The lowest BCUT2D eigenvalue weighted by Gasteiger charge is -2.20. The van der Waals surface area contributed by atoms with Crippen molar-refractivity contribution in [1.82, 2.24) is 10.6 Å². The van der Waals surface area contributed by atoms with Gasteiger partial charge < -0.3 is 10.6 Å². The van der Waals surface area contributed by atoms with Crippen molar-refractivity contribution in [2.75, 3.05) is 13.6 Å². The second kappa shape index (κ2) is 11.4. The predicted octanol–water partition coefficient (Wildman–Crippen LogP) is 4.75. The van der Waals surface area contributed by atoms with Gasteiger partial charge in [-0.2, -0.15) is 0 Å². The molecular weight excluding hydrogens is 356 g/mol. The van der Waals surface area contributed by atoms with Crippen molar-refractivity contribution in [3.63, 3.8) is 0 Å². The minimum Gasteiger partial charge on any atom is -0.358 e. The van der Waals surface area contributed by atoms with Gasteiger partial charge in [-0.3, -0.25) is 4.79 Å². The maximum Gasteiger partial charge on any atom is 0.207 e. The highest BCUT2D eigenvalue weighted by atomic mass is 16.1. The summed E-state index contributed by atoms with van der Waals surface area (Å²) in [6.07, 6.45) is 6.26. The molecular formula is C26H32N2O. The molecule has 0 fully saturated rings. The minimum atomic E-state index is 0.465. The molecule has 1 amide bonds. The maximum absolute atomic E-state index is 10.8. The van der Waals surface area contributed by atoms with E-state index in [0.717, 1.165) is 45.1 Å². The molecule has 3 aromatic rings. The standard InChI is InChI=1S/C26H32N2O/c1-27-26(18-22-14-15-24-11-5-6-12-25(24)17-22)13-7-10-23(19-28-20-29)16-21-8-3-2-4-9-21/h2-6,8-9,11-12,14-15,17,20,23,26-27H,7,10,13,16,18-19H2,1H3,(H,28,29). The average molecular weight is 389 g/mol. The van der Waals surface area contributed by atoms with Crippen LogP contribution in [0.3, 0.4) is 0 Å². The highest BCUT2D eigenvalue weighted by Gasteiger charge is 2.13. The van der Waals surface area contributed by atoms with E-state index in [-0.39, 0.29) is 0 Å². The molecule has 0 radical (unpaired) electrons. The Labute approximate surface area is 174 Å². The van der Waals surface area contributed by atoms with Crippen LogP contribution in [-0.4, -0.2) is 26.0 Å². The Kier molecular flexibility index (Phi) is 8.26. The number of likely N-dealkylation sites (N-methyl/N-ethyl adjacent to an activating group) is 1. The van der Waals surface area contributed by atoms with E-state index in [4.69, 9.17) is 0 Å². The summed E-state index contributed by atoms with van der Waals surface area (Å²) in [5.41, 5.74) is 2.72. The molecule has 152 valence electrons. The summed E-state index contributed by atoms with van der Waals surface area (Å²) in [5.74, 6) is 0.473. The number of carbonyl (C=O) groups excluding carboxylic acids is 1. The summed E-state index contributed by atoms with van der Waals surface area (Å²) in [6, 6.07) is 26.3. The summed E-state index contributed by atoms with van der Waals surface area (Å²) in [5, 5.41) is 8.98. The van der Waals surface area contributed by atoms with Gasteiger partial charge in [-0.1, -0.05) is 79.2 Å². The van der Waals surface area contributed by atoms with E-state index >= 15 is 0 Å². The molecule has 3 rings (SSSR count). The lowest BCUT2D eigenvalue weighted by atomic mass is 9.92. The first-order valence-electron chi connectivity index (χ1n) is 10.6. The fraction of sp³-hybridized carbons (Fsp3) is 0.346. The summed E-state index contributed by atoms with van der Waals surface area (Å²) in [6.45, 7) is 0.743. The van der Waals surface area contributed by atoms with Gasteiger partial charge in [0.2, 0.25) is 6.41 Å². The fourth-order valence-electron chi connectivity index (χ4n) is 4.09. The fourth-order valence-corrected chi connectivity index (χ4v) is 4.09. The van der Waals surface area contributed by atoms with Crippen molar-refractivity contribution in [1.29, 1.82) is 0 Å². The third-order valence-electron chi connectivity index (χ3n) is 5.73. The van der Waals surface area contributed by atoms with E-state index < -0.39 is 0 Å². The number of carbonyl (C=O) groups is 1. The van der Waals surface area contributed by atoms with E-state index in [1.807, 2.05) is 6.07 Å². The third-order valence-corrected chi connectivity index (χ3v) is 5.73. The average Bonchev–Trinajstić information content (AvgIpc) is 2.77. The zero-order valence-electron chi connectivity index (χ0n) is 17.3. The van der Waals surface area contributed by atoms with Gasteiger partial charge in [-0.15, -0.1) is 0 Å². The Hall–Kier alpha value is -2.65. The van der Waals surface area contributed by atoms with E-state index in [1.165, 1.54) is 21.9 Å². The van der Waals surface area contributed by atoms with E-state index in [2.05, 4.69) is 84.4 Å². The number of hydrogen-bond acceptors (Lipinski definition) is 2. The molecule has 2 atom stereocenters. The summed E-state index contributed by atoms with van der Waals surface area (Å²) in [4.78, 5) is 10.8. The van der Waals surface area contributed by atoms with Gasteiger partial charge in [0.25, 0.3) is 0 Å². The molecule has 0 saturated carbocycles. The molecule has 0 heterocycles. The molecule has 2 N–H and O–H groups in total. The van der Waals surface area contributed by atoms with E-state index in [1.54, 1.807) is 0 Å². The first kappa shape index (κ1) is 21.1. The van der Waals surface area contributed by atoms with Gasteiger partial charge >= 0.3 is 0 Å². The summed E-state index contributed by atoms with van der Waals surface area (Å²) < 4.78 is 0. The van der Waals surface area contributed by atoms with Crippen LogP contribution in [0.5, 0.6) is 0 Å². The molecule has 0 saturated heterocycles. The van der Waals surface area contributed by atoms with Crippen LogP contribution in [0.25, 0.3) is 10.8 Å². The second-order valence-electron chi connectivity index (χ2n) is 7.88. The minimum absolute atomic E-state index is 0.465. The van der Waals surface area contributed by atoms with Crippen molar-refractivity contribution in [3.8, 4) is 0 Å². The van der Waals surface area contributed by atoms with Crippen LogP contribution in [0.1, 0.15) is 30.4 Å². The largest absolute Gasteiger partial charge is 0.358 e. The molecule has 3 heteroatoms. The van der Waals surface area contributed by atoms with Gasteiger partial charge in [-0.05, 0) is 60.5 Å². The van der Waals surface area contributed by atoms with Crippen LogP contribution in [0.2, 0.25) is 0 Å². The Bertz CT molecular complexity index is 878. The zero-order chi connectivity index (χ0) is 20.3. The van der Waals surface area contributed by atoms with Crippen LogP contribution >= 0.6 is 0 Å². The van der Waals surface area contributed by atoms with Crippen LogP contribution in [0.15, 0.2) is 72.8 Å². The first-order valence-corrected chi connectivity index (χ1v) is 10.6. The van der Waals surface area contributed by atoms with Crippen molar-refractivity contribution in [2.24, 2.45) is 5.92 Å².